The highest BCUT2D eigenvalue weighted by molar-refractivity contribution is 5.80. The van der Waals surface area contributed by atoms with Crippen molar-refractivity contribution in [3.8, 4) is 5.75 Å². The Morgan fingerprint density at radius 2 is 1.16 bits per heavy atom. The molecular weight excluding hydrogens is 382 g/mol. The molecule has 0 saturated carbocycles. The van der Waals surface area contributed by atoms with E-state index in [0.29, 0.717) is 17.9 Å². The Hall–Kier alpha value is -3.85. The fourth-order valence-corrected chi connectivity index (χ4v) is 3.52. The minimum absolute atomic E-state index is 0.419. The number of benzene rings is 4. The van der Waals surface area contributed by atoms with Crippen molar-refractivity contribution in [2.24, 2.45) is 0 Å². The second-order valence-electron chi connectivity index (χ2n) is 7.44. The summed E-state index contributed by atoms with van der Waals surface area (Å²) in [5.74, 6) is 0.600. The predicted octanol–water partition coefficient (Wildman–Crippen LogP) is 6.28. The van der Waals surface area contributed by atoms with Gasteiger partial charge in [-0.15, -0.1) is 0 Å². The lowest BCUT2D eigenvalue weighted by Gasteiger charge is -2.26. The lowest BCUT2D eigenvalue weighted by atomic mass is 10.1. The van der Waals surface area contributed by atoms with Gasteiger partial charge in [0.1, 0.15) is 12.4 Å². The number of nitrogens with zero attached hydrogens (tertiary/aromatic N) is 1. The second kappa shape index (κ2) is 10.3. The number of carbonyl (C=O) groups excluding carboxylic acids is 1. The molecule has 0 atom stereocenters. The molecule has 0 heterocycles. The quantitative estimate of drug-likeness (QED) is 0.306. The molecule has 0 radical (unpaired) electrons. The van der Waals surface area contributed by atoms with Crippen molar-refractivity contribution in [3.05, 3.63) is 131 Å². The van der Waals surface area contributed by atoms with E-state index in [1.165, 1.54) is 11.1 Å². The first-order chi connectivity index (χ1) is 15.3. The molecule has 0 amide bonds. The maximum atomic E-state index is 11.6. The Labute approximate surface area is 183 Å². The third kappa shape index (κ3) is 5.61. The van der Waals surface area contributed by atoms with Crippen molar-refractivity contribution in [2.75, 3.05) is 4.90 Å². The highest BCUT2D eigenvalue weighted by Crippen LogP contribution is 2.28. The van der Waals surface area contributed by atoms with E-state index < -0.39 is 0 Å². The summed E-state index contributed by atoms with van der Waals surface area (Å²) in [6.45, 7) is 1.94. The molecule has 0 saturated heterocycles. The molecule has 0 bridgehead atoms. The van der Waals surface area contributed by atoms with Gasteiger partial charge in [0.2, 0.25) is 0 Å². The summed E-state index contributed by atoms with van der Waals surface area (Å²) in [6.07, 6.45) is 0.850. The molecule has 4 aromatic rings. The molecule has 31 heavy (non-hydrogen) atoms. The van der Waals surface area contributed by atoms with Gasteiger partial charge in [-0.05, 0) is 28.8 Å². The van der Waals surface area contributed by atoms with Crippen LogP contribution in [0.3, 0.4) is 0 Å². The molecule has 3 heteroatoms. The van der Waals surface area contributed by atoms with Crippen molar-refractivity contribution >= 4 is 12.0 Å². The molecule has 0 aromatic heterocycles. The summed E-state index contributed by atoms with van der Waals surface area (Å²) >= 11 is 0. The number of ether oxygens (including phenoxy) is 1. The Balaban J connectivity index is 1.62. The van der Waals surface area contributed by atoms with Gasteiger partial charge in [-0.3, -0.25) is 4.79 Å². The SMILES string of the molecule is O=Cc1ccc(N(Cc2ccccc2)Cc2ccccc2)cc1OCc1ccccc1. The number of anilines is 1. The molecule has 0 spiro atoms. The van der Waals surface area contributed by atoms with Gasteiger partial charge in [0.25, 0.3) is 0 Å². The highest BCUT2D eigenvalue weighted by atomic mass is 16.5. The van der Waals surface area contributed by atoms with Gasteiger partial charge in [0.05, 0.1) is 5.56 Å². The van der Waals surface area contributed by atoms with Crippen molar-refractivity contribution in [1.29, 1.82) is 0 Å². The maximum Gasteiger partial charge on any atom is 0.153 e. The summed E-state index contributed by atoms with van der Waals surface area (Å²) in [6, 6.07) is 36.6. The molecule has 0 fully saturated rings. The number of hydrogen-bond donors (Lipinski definition) is 0. The lowest BCUT2D eigenvalue weighted by Crippen LogP contribution is -2.22. The smallest absolute Gasteiger partial charge is 0.153 e. The van der Waals surface area contributed by atoms with Crippen LogP contribution in [0.1, 0.15) is 27.0 Å². The van der Waals surface area contributed by atoms with Crippen molar-refractivity contribution < 1.29 is 9.53 Å². The van der Waals surface area contributed by atoms with Crippen LogP contribution in [-0.4, -0.2) is 6.29 Å². The molecule has 154 valence electrons. The summed E-state index contributed by atoms with van der Waals surface area (Å²) in [5.41, 5.74) is 5.09. The van der Waals surface area contributed by atoms with E-state index in [1.807, 2.05) is 60.7 Å². The standard InChI is InChI=1S/C28H25NO2/c30-21-26-16-17-27(18-28(26)31-22-25-14-8-3-9-15-25)29(19-23-10-4-1-5-11-23)20-24-12-6-2-7-13-24/h1-18,21H,19-20,22H2. The van der Waals surface area contributed by atoms with Gasteiger partial charge < -0.3 is 9.64 Å². The molecule has 0 unspecified atom stereocenters. The average molecular weight is 408 g/mol. The normalized spacial score (nSPS) is 10.5. The highest BCUT2D eigenvalue weighted by Gasteiger charge is 2.13. The van der Waals surface area contributed by atoms with Gasteiger partial charge >= 0.3 is 0 Å². The monoisotopic (exact) mass is 407 g/mol. The fraction of sp³-hybridized carbons (Fsp3) is 0.107. The van der Waals surface area contributed by atoms with E-state index in [4.69, 9.17) is 4.74 Å². The van der Waals surface area contributed by atoms with Crippen LogP contribution in [0.25, 0.3) is 0 Å². The molecule has 0 aliphatic rings. The van der Waals surface area contributed by atoms with Crippen LogP contribution in [0.2, 0.25) is 0 Å². The largest absolute Gasteiger partial charge is 0.488 e. The molecule has 4 rings (SSSR count). The van der Waals surface area contributed by atoms with Crippen molar-refractivity contribution in [2.45, 2.75) is 19.7 Å². The third-order valence-electron chi connectivity index (χ3n) is 5.16. The van der Waals surface area contributed by atoms with Gasteiger partial charge in [0.15, 0.2) is 6.29 Å². The van der Waals surface area contributed by atoms with Crippen LogP contribution in [0, 0.1) is 0 Å². The average Bonchev–Trinajstić information content (AvgIpc) is 2.84. The maximum absolute atomic E-state index is 11.6. The number of carbonyl (C=O) groups is 1. The zero-order valence-corrected chi connectivity index (χ0v) is 17.4. The molecule has 3 nitrogen and oxygen atoms in total. The van der Waals surface area contributed by atoms with E-state index in [2.05, 4.69) is 53.4 Å². The Morgan fingerprint density at radius 1 is 0.645 bits per heavy atom. The molecular formula is C28H25NO2. The van der Waals surface area contributed by atoms with E-state index in [0.717, 1.165) is 30.6 Å². The van der Waals surface area contributed by atoms with Crippen LogP contribution >= 0.6 is 0 Å². The van der Waals surface area contributed by atoms with E-state index in [-0.39, 0.29) is 0 Å². The Morgan fingerprint density at radius 3 is 1.68 bits per heavy atom. The first-order valence-electron chi connectivity index (χ1n) is 10.4. The van der Waals surface area contributed by atoms with E-state index in [9.17, 15) is 4.79 Å². The zero-order valence-electron chi connectivity index (χ0n) is 17.4. The third-order valence-corrected chi connectivity index (χ3v) is 5.16. The predicted molar refractivity (Wildman–Crippen MR) is 125 cm³/mol. The Bertz CT molecular complexity index is 1050. The summed E-state index contributed by atoms with van der Waals surface area (Å²) in [5, 5.41) is 0. The van der Waals surface area contributed by atoms with Gasteiger partial charge in [-0.2, -0.15) is 0 Å². The van der Waals surface area contributed by atoms with Crippen LogP contribution < -0.4 is 9.64 Å². The lowest BCUT2D eigenvalue weighted by molar-refractivity contribution is 0.111. The first-order valence-corrected chi connectivity index (χ1v) is 10.4. The summed E-state index contributed by atoms with van der Waals surface area (Å²) < 4.78 is 6.05. The van der Waals surface area contributed by atoms with Crippen molar-refractivity contribution in [3.63, 3.8) is 0 Å². The van der Waals surface area contributed by atoms with Crippen molar-refractivity contribution in [1.82, 2.24) is 0 Å². The summed E-state index contributed by atoms with van der Waals surface area (Å²) in [4.78, 5) is 13.9. The number of aldehydes is 1. The van der Waals surface area contributed by atoms with Crippen LogP contribution in [0.15, 0.2) is 109 Å². The number of hydrogen-bond acceptors (Lipinski definition) is 3. The Kier molecular flexibility index (Phi) is 6.76. The molecule has 4 aromatic carbocycles. The topological polar surface area (TPSA) is 29.5 Å². The van der Waals surface area contributed by atoms with Crippen LogP contribution in [-0.2, 0) is 19.7 Å². The molecule has 0 N–H and O–H groups in total. The van der Waals surface area contributed by atoms with Gasteiger partial charge in [-0.25, -0.2) is 0 Å². The first kappa shape index (κ1) is 20.4. The summed E-state index contributed by atoms with van der Waals surface area (Å²) in [7, 11) is 0. The number of rotatable bonds is 9. The van der Waals surface area contributed by atoms with Gasteiger partial charge in [0, 0.05) is 24.8 Å². The van der Waals surface area contributed by atoms with E-state index >= 15 is 0 Å². The second-order valence-corrected chi connectivity index (χ2v) is 7.44. The van der Waals surface area contributed by atoms with Crippen LogP contribution in [0.5, 0.6) is 5.75 Å². The zero-order chi connectivity index (χ0) is 21.3. The van der Waals surface area contributed by atoms with Gasteiger partial charge in [-0.1, -0.05) is 91.0 Å². The van der Waals surface area contributed by atoms with E-state index in [1.54, 1.807) is 0 Å². The van der Waals surface area contributed by atoms with Crippen LogP contribution in [0.4, 0.5) is 5.69 Å². The minimum Gasteiger partial charge on any atom is -0.488 e. The minimum atomic E-state index is 0.419. The molecule has 0 aliphatic carbocycles. The fourth-order valence-electron chi connectivity index (χ4n) is 3.52. The molecule has 0 aliphatic heterocycles.